The van der Waals surface area contributed by atoms with E-state index in [2.05, 4.69) is 5.32 Å². The number of rotatable bonds is 5. The Morgan fingerprint density at radius 3 is 2.71 bits per heavy atom. The number of ether oxygens (including phenoxy) is 1. The number of carbonyl (C=O) groups is 1. The molecule has 0 aromatic heterocycles. The zero-order valence-corrected chi connectivity index (χ0v) is 11.7. The van der Waals surface area contributed by atoms with Crippen LogP contribution in [0.4, 0.5) is 0 Å². The van der Waals surface area contributed by atoms with Gasteiger partial charge < -0.3 is 15.8 Å². The molecular formula is C12H22N2O2S. The van der Waals surface area contributed by atoms with E-state index in [1.54, 1.807) is 6.92 Å². The fraction of sp³-hybridized carbons (Fsp3) is 0.833. The molecular weight excluding hydrogens is 236 g/mol. The molecule has 1 amide bonds. The summed E-state index contributed by atoms with van der Waals surface area (Å²) in [5, 5.41) is 2.91. The van der Waals surface area contributed by atoms with Crippen molar-refractivity contribution in [2.24, 2.45) is 11.1 Å². The molecule has 0 bridgehead atoms. The molecule has 1 saturated heterocycles. The minimum absolute atomic E-state index is 0.107. The normalized spacial score (nSPS) is 27.5. The third-order valence-electron chi connectivity index (χ3n) is 3.68. The third kappa shape index (κ3) is 3.16. The van der Waals surface area contributed by atoms with E-state index < -0.39 is 5.41 Å². The van der Waals surface area contributed by atoms with Gasteiger partial charge in [0.05, 0.1) is 16.0 Å². The highest BCUT2D eigenvalue weighted by molar-refractivity contribution is 7.80. The molecule has 2 unspecified atom stereocenters. The Balaban J connectivity index is 2.57. The SMILES string of the molecule is CCC(C)(C(=O)NCC1(C)CCCO1)C(N)=S. The molecule has 0 aliphatic carbocycles. The van der Waals surface area contributed by atoms with Crippen molar-refractivity contribution < 1.29 is 9.53 Å². The Bertz CT molecular complexity index is 314. The van der Waals surface area contributed by atoms with Gasteiger partial charge in [-0.1, -0.05) is 19.1 Å². The lowest BCUT2D eigenvalue weighted by atomic mass is 9.86. The average Bonchev–Trinajstić information content (AvgIpc) is 2.72. The molecule has 1 rings (SSSR count). The monoisotopic (exact) mass is 258 g/mol. The lowest BCUT2D eigenvalue weighted by Crippen LogP contribution is -2.50. The van der Waals surface area contributed by atoms with Crippen molar-refractivity contribution >= 4 is 23.1 Å². The first-order valence-corrected chi connectivity index (χ1v) is 6.47. The summed E-state index contributed by atoms with van der Waals surface area (Å²) in [4.78, 5) is 12.3. The van der Waals surface area contributed by atoms with Crippen LogP contribution < -0.4 is 11.1 Å². The summed E-state index contributed by atoms with van der Waals surface area (Å²) in [7, 11) is 0. The molecule has 1 aliphatic heterocycles. The van der Waals surface area contributed by atoms with Gasteiger partial charge >= 0.3 is 0 Å². The number of thiocarbonyl (C=S) groups is 1. The maximum atomic E-state index is 12.1. The Morgan fingerprint density at radius 1 is 1.65 bits per heavy atom. The molecule has 5 heteroatoms. The van der Waals surface area contributed by atoms with Crippen molar-refractivity contribution in [3.63, 3.8) is 0 Å². The average molecular weight is 258 g/mol. The molecule has 0 aromatic carbocycles. The van der Waals surface area contributed by atoms with Crippen LogP contribution in [0.15, 0.2) is 0 Å². The van der Waals surface area contributed by atoms with Gasteiger partial charge in [-0.05, 0) is 33.1 Å². The third-order valence-corrected chi connectivity index (χ3v) is 4.13. The van der Waals surface area contributed by atoms with E-state index >= 15 is 0 Å². The number of hydrogen-bond acceptors (Lipinski definition) is 3. The maximum Gasteiger partial charge on any atom is 0.232 e. The van der Waals surface area contributed by atoms with Crippen LogP contribution in [-0.2, 0) is 9.53 Å². The first-order valence-electron chi connectivity index (χ1n) is 6.06. The van der Waals surface area contributed by atoms with E-state index in [1.165, 1.54) is 0 Å². The molecule has 0 spiro atoms. The smallest absolute Gasteiger partial charge is 0.232 e. The highest BCUT2D eigenvalue weighted by atomic mass is 32.1. The summed E-state index contributed by atoms with van der Waals surface area (Å²) >= 11 is 4.97. The van der Waals surface area contributed by atoms with Crippen molar-refractivity contribution in [3.05, 3.63) is 0 Å². The highest BCUT2D eigenvalue weighted by Gasteiger charge is 2.37. The number of amides is 1. The van der Waals surface area contributed by atoms with Gasteiger partial charge in [0.2, 0.25) is 5.91 Å². The maximum absolute atomic E-state index is 12.1. The molecule has 0 aromatic rings. The van der Waals surface area contributed by atoms with Crippen molar-refractivity contribution in [3.8, 4) is 0 Å². The van der Waals surface area contributed by atoms with Crippen LogP contribution in [0.3, 0.4) is 0 Å². The molecule has 4 nitrogen and oxygen atoms in total. The quantitative estimate of drug-likeness (QED) is 0.731. The summed E-state index contributed by atoms with van der Waals surface area (Å²) in [5.41, 5.74) is 4.64. The Morgan fingerprint density at radius 2 is 2.29 bits per heavy atom. The minimum atomic E-state index is -0.760. The van der Waals surface area contributed by atoms with Crippen molar-refractivity contribution in [2.45, 2.75) is 45.6 Å². The molecule has 3 N–H and O–H groups in total. The lowest BCUT2D eigenvalue weighted by molar-refractivity contribution is -0.128. The molecule has 17 heavy (non-hydrogen) atoms. The van der Waals surface area contributed by atoms with E-state index in [-0.39, 0.29) is 16.5 Å². The molecule has 0 radical (unpaired) electrons. The lowest BCUT2D eigenvalue weighted by Gasteiger charge is -2.29. The number of nitrogens with one attached hydrogen (secondary N) is 1. The first-order chi connectivity index (χ1) is 7.84. The number of carbonyl (C=O) groups excluding carboxylic acids is 1. The largest absolute Gasteiger partial charge is 0.392 e. The zero-order chi connectivity index (χ0) is 13.1. The van der Waals surface area contributed by atoms with Gasteiger partial charge in [0, 0.05) is 13.2 Å². The van der Waals surface area contributed by atoms with Crippen LogP contribution in [0, 0.1) is 5.41 Å². The van der Waals surface area contributed by atoms with Crippen LogP contribution in [0.1, 0.15) is 40.0 Å². The molecule has 2 atom stereocenters. The topological polar surface area (TPSA) is 64.3 Å². The second kappa shape index (κ2) is 5.31. The molecule has 1 heterocycles. The predicted molar refractivity (Wildman–Crippen MR) is 71.8 cm³/mol. The van der Waals surface area contributed by atoms with Gasteiger partial charge in [-0.15, -0.1) is 0 Å². The highest BCUT2D eigenvalue weighted by Crippen LogP contribution is 2.26. The van der Waals surface area contributed by atoms with Crippen LogP contribution in [0.5, 0.6) is 0 Å². The van der Waals surface area contributed by atoms with Crippen LogP contribution in [0.2, 0.25) is 0 Å². The Hall–Kier alpha value is -0.680. The second-order valence-electron chi connectivity index (χ2n) is 5.13. The standard InChI is InChI=1S/C12H22N2O2S/c1-4-12(3,9(13)17)10(15)14-8-11(2)6-5-7-16-11/h4-8H2,1-3H3,(H2,13,17)(H,14,15). The summed E-state index contributed by atoms with van der Waals surface area (Å²) in [6.07, 6.45) is 2.63. The van der Waals surface area contributed by atoms with Crippen LogP contribution >= 0.6 is 12.2 Å². The van der Waals surface area contributed by atoms with Gasteiger partial charge in [0.25, 0.3) is 0 Å². The molecule has 0 saturated carbocycles. The Kier molecular flexibility index (Phi) is 4.49. The fourth-order valence-corrected chi connectivity index (χ4v) is 2.12. The molecule has 98 valence electrons. The van der Waals surface area contributed by atoms with Gasteiger partial charge in [-0.25, -0.2) is 0 Å². The van der Waals surface area contributed by atoms with E-state index in [0.29, 0.717) is 13.0 Å². The first kappa shape index (κ1) is 14.4. The Labute approximate surface area is 108 Å². The van der Waals surface area contributed by atoms with Crippen LogP contribution in [-0.4, -0.2) is 29.6 Å². The zero-order valence-electron chi connectivity index (χ0n) is 10.8. The second-order valence-corrected chi connectivity index (χ2v) is 5.57. The molecule has 1 aliphatic rings. The van der Waals surface area contributed by atoms with Crippen molar-refractivity contribution in [1.29, 1.82) is 0 Å². The van der Waals surface area contributed by atoms with Gasteiger partial charge in [0.1, 0.15) is 0 Å². The summed E-state index contributed by atoms with van der Waals surface area (Å²) < 4.78 is 5.62. The van der Waals surface area contributed by atoms with Crippen molar-refractivity contribution in [1.82, 2.24) is 5.32 Å². The number of nitrogens with two attached hydrogens (primary N) is 1. The summed E-state index contributed by atoms with van der Waals surface area (Å²) in [5.74, 6) is -0.107. The van der Waals surface area contributed by atoms with Gasteiger partial charge in [-0.3, -0.25) is 4.79 Å². The summed E-state index contributed by atoms with van der Waals surface area (Å²) in [6.45, 7) is 7.00. The predicted octanol–water partition coefficient (Wildman–Crippen LogP) is 1.37. The molecule has 1 fully saturated rings. The van der Waals surface area contributed by atoms with Gasteiger partial charge in [0.15, 0.2) is 0 Å². The number of hydrogen-bond donors (Lipinski definition) is 2. The van der Waals surface area contributed by atoms with E-state index in [1.807, 2.05) is 13.8 Å². The van der Waals surface area contributed by atoms with Crippen LogP contribution in [0.25, 0.3) is 0 Å². The van der Waals surface area contributed by atoms with Gasteiger partial charge in [-0.2, -0.15) is 0 Å². The van der Waals surface area contributed by atoms with E-state index in [0.717, 1.165) is 19.4 Å². The minimum Gasteiger partial charge on any atom is -0.392 e. The van der Waals surface area contributed by atoms with E-state index in [4.69, 9.17) is 22.7 Å². The summed E-state index contributed by atoms with van der Waals surface area (Å²) in [6, 6.07) is 0. The van der Waals surface area contributed by atoms with E-state index in [9.17, 15) is 4.79 Å². The fourth-order valence-electron chi connectivity index (χ4n) is 1.89. The van der Waals surface area contributed by atoms with Crippen molar-refractivity contribution in [2.75, 3.05) is 13.2 Å².